The molecular formula is C21H31NO4S. The summed E-state index contributed by atoms with van der Waals surface area (Å²) in [6, 6.07) is 4.86. The third kappa shape index (κ3) is 3.35. The van der Waals surface area contributed by atoms with Gasteiger partial charge in [0.2, 0.25) is 10.0 Å². The van der Waals surface area contributed by atoms with Crippen molar-refractivity contribution >= 4 is 10.0 Å². The SMILES string of the molecule is CCC(NS(=O)(=O)c1ccc(OC)cc1OC)C12CC3CC(CC(C3)C1)C2. The van der Waals surface area contributed by atoms with Gasteiger partial charge in [0.1, 0.15) is 16.4 Å². The van der Waals surface area contributed by atoms with Crippen molar-refractivity contribution in [1.29, 1.82) is 0 Å². The summed E-state index contributed by atoms with van der Waals surface area (Å²) in [5.41, 5.74) is 0.135. The Labute approximate surface area is 162 Å². The summed E-state index contributed by atoms with van der Waals surface area (Å²) in [7, 11) is -0.616. The van der Waals surface area contributed by atoms with E-state index in [0.717, 1.165) is 24.2 Å². The van der Waals surface area contributed by atoms with E-state index in [1.165, 1.54) is 45.6 Å². The molecule has 0 amide bonds. The van der Waals surface area contributed by atoms with Crippen LogP contribution in [0.5, 0.6) is 11.5 Å². The number of rotatable bonds is 7. The lowest BCUT2D eigenvalue weighted by Crippen LogP contribution is -2.56. The Kier molecular flexibility index (Phi) is 4.91. The van der Waals surface area contributed by atoms with Gasteiger partial charge in [-0.05, 0) is 80.2 Å². The van der Waals surface area contributed by atoms with Crippen LogP contribution in [-0.2, 0) is 10.0 Å². The van der Waals surface area contributed by atoms with Crippen molar-refractivity contribution in [3.05, 3.63) is 18.2 Å². The summed E-state index contributed by atoms with van der Waals surface area (Å²) in [5, 5.41) is 0. The van der Waals surface area contributed by atoms with E-state index in [9.17, 15) is 8.42 Å². The Morgan fingerprint density at radius 3 is 2.15 bits per heavy atom. The number of hydrogen-bond acceptors (Lipinski definition) is 4. The molecule has 6 heteroatoms. The zero-order valence-corrected chi connectivity index (χ0v) is 17.3. The summed E-state index contributed by atoms with van der Waals surface area (Å²) in [6.45, 7) is 2.11. The maximum atomic E-state index is 13.2. The van der Waals surface area contributed by atoms with Crippen LogP contribution in [0.4, 0.5) is 0 Å². The topological polar surface area (TPSA) is 64.6 Å². The first kappa shape index (κ1) is 19.1. The monoisotopic (exact) mass is 393 g/mol. The van der Waals surface area contributed by atoms with Crippen LogP contribution in [-0.4, -0.2) is 28.7 Å². The van der Waals surface area contributed by atoms with E-state index in [1.807, 2.05) is 0 Å². The van der Waals surface area contributed by atoms with Crippen molar-refractivity contribution in [3.63, 3.8) is 0 Å². The molecule has 5 nitrogen and oxygen atoms in total. The quantitative estimate of drug-likeness (QED) is 0.761. The van der Waals surface area contributed by atoms with Gasteiger partial charge < -0.3 is 9.47 Å². The Morgan fingerprint density at radius 2 is 1.67 bits per heavy atom. The third-order valence-electron chi connectivity index (χ3n) is 7.19. The fourth-order valence-electron chi connectivity index (χ4n) is 6.49. The molecule has 0 heterocycles. The third-order valence-corrected chi connectivity index (χ3v) is 8.70. The van der Waals surface area contributed by atoms with Crippen LogP contribution in [0, 0.1) is 23.2 Å². The van der Waals surface area contributed by atoms with Crippen LogP contribution in [0.3, 0.4) is 0 Å². The van der Waals surface area contributed by atoms with Crippen molar-refractivity contribution in [2.24, 2.45) is 23.2 Å². The second-order valence-corrected chi connectivity index (χ2v) is 10.6. The molecule has 27 heavy (non-hydrogen) atoms. The predicted molar refractivity (Wildman–Crippen MR) is 105 cm³/mol. The number of nitrogens with one attached hydrogen (secondary N) is 1. The summed E-state index contributed by atoms with van der Waals surface area (Å²) in [5.74, 6) is 3.29. The van der Waals surface area contributed by atoms with Crippen molar-refractivity contribution < 1.29 is 17.9 Å². The van der Waals surface area contributed by atoms with Crippen molar-refractivity contribution in [1.82, 2.24) is 4.72 Å². The fourth-order valence-corrected chi connectivity index (χ4v) is 8.07. The first-order valence-corrected chi connectivity index (χ1v) is 11.6. The molecule has 4 aliphatic carbocycles. The van der Waals surface area contributed by atoms with Gasteiger partial charge in [0.15, 0.2) is 0 Å². The zero-order valence-electron chi connectivity index (χ0n) is 16.5. The normalized spacial score (nSPS) is 33.1. The highest BCUT2D eigenvalue weighted by atomic mass is 32.2. The van der Waals surface area contributed by atoms with Gasteiger partial charge in [-0.2, -0.15) is 0 Å². The van der Waals surface area contributed by atoms with Gasteiger partial charge in [0.25, 0.3) is 0 Å². The van der Waals surface area contributed by atoms with Crippen molar-refractivity contribution in [2.45, 2.75) is 62.8 Å². The predicted octanol–water partition coefficient (Wildman–Crippen LogP) is 3.98. The standard InChI is InChI=1S/C21H31NO4S/c1-4-20(21-11-14-7-15(12-21)9-16(8-14)13-21)22-27(23,24)19-6-5-17(25-2)10-18(19)26-3/h5-6,10,14-16,20,22H,4,7-9,11-13H2,1-3H3. The number of hydrogen-bond donors (Lipinski definition) is 1. The summed E-state index contributed by atoms with van der Waals surface area (Å²) >= 11 is 0. The van der Waals surface area contributed by atoms with Crippen LogP contribution < -0.4 is 14.2 Å². The lowest BCUT2D eigenvalue weighted by Gasteiger charge is -2.59. The molecule has 1 N–H and O–H groups in total. The molecule has 5 rings (SSSR count). The molecule has 4 saturated carbocycles. The maximum absolute atomic E-state index is 13.2. The molecule has 4 bridgehead atoms. The molecule has 4 aliphatic rings. The fraction of sp³-hybridized carbons (Fsp3) is 0.714. The second kappa shape index (κ2) is 6.96. The van der Waals surface area contributed by atoms with E-state index in [-0.39, 0.29) is 16.4 Å². The highest BCUT2D eigenvalue weighted by molar-refractivity contribution is 7.89. The lowest BCUT2D eigenvalue weighted by molar-refractivity contribution is -0.0704. The Bertz CT molecular complexity index is 769. The molecule has 4 fully saturated rings. The molecule has 0 spiro atoms. The molecule has 1 aromatic rings. The molecular weight excluding hydrogens is 362 g/mol. The van der Waals surface area contributed by atoms with E-state index in [4.69, 9.17) is 9.47 Å². The number of methoxy groups -OCH3 is 2. The smallest absolute Gasteiger partial charge is 0.244 e. The van der Waals surface area contributed by atoms with Crippen molar-refractivity contribution in [2.75, 3.05) is 14.2 Å². The van der Waals surface area contributed by atoms with E-state index in [2.05, 4.69) is 11.6 Å². The van der Waals surface area contributed by atoms with Crippen LogP contribution in [0.25, 0.3) is 0 Å². The zero-order chi connectivity index (χ0) is 19.2. The molecule has 1 unspecified atom stereocenters. The maximum Gasteiger partial charge on any atom is 0.244 e. The van der Waals surface area contributed by atoms with E-state index in [1.54, 1.807) is 25.3 Å². The van der Waals surface area contributed by atoms with Crippen molar-refractivity contribution in [3.8, 4) is 11.5 Å². The number of sulfonamides is 1. The van der Waals surface area contributed by atoms with Crippen LogP contribution in [0.15, 0.2) is 23.1 Å². The van der Waals surface area contributed by atoms with Gasteiger partial charge in [0.05, 0.1) is 14.2 Å². The second-order valence-electron chi connectivity index (χ2n) is 8.88. The summed E-state index contributed by atoms with van der Waals surface area (Å²) in [6.07, 6.45) is 8.43. The molecule has 1 atom stereocenters. The van der Waals surface area contributed by atoms with E-state index < -0.39 is 10.0 Å². The largest absolute Gasteiger partial charge is 0.497 e. The highest BCUT2D eigenvalue weighted by Crippen LogP contribution is 2.61. The highest BCUT2D eigenvalue weighted by Gasteiger charge is 2.54. The van der Waals surface area contributed by atoms with E-state index >= 15 is 0 Å². The molecule has 150 valence electrons. The van der Waals surface area contributed by atoms with Gasteiger partial charge in [-0.3, -0.25) is 0 Å². The Balaban J connectivity index is 1.62. The van der Waals surface area contributed by atoms with Crippen LogP contribution in [0.2, 0.25) is 0 Å². The molecule has 0 aliphatic heterocycles. The minimum atomic E-state index is -3.66. The van der Waals surface area contributed by atoms with Gasteiger partial charge >= 0.3 is 0 Å². The minimum absolute atomic E-state index is 0.0114. The van der Waals surface area contributed by atoms with Crippen LogP contribution >= 0.6 is 0 Å². The number of ether oxygens (including phenoxy) is 2. The minimum Gasteiger partial charge on any atom is -0.497 e. The lowest BCUT2D eigenvalue weighted by atomic mass is 9.47. The average Bonchev–Trinajstić information content (AvgIpc) is 2.64. The first-order chi connectivity index (χ1) is 12.9. The Hall–Kier alpha value is -1.27. The van der Waals surface area contributed by atoms with Gasteiger partial charge in [-0.1, -0.05) is 6.92 Å². The van der Waals surface area contributed by atoms with E-state index in [0.29, 0.717) is 11.5 Å². The first-order valence-electron chi connectivity index (χ1n) is 10.1. The molecule has 0 radical (unpaired) electrons. The van der Waals surface area contributed by atoms with Crippen LogP contribution in [0.1, 0.15) is 51.9 Å². The van der Waals surface area contributed by atoms with Gasteiger partial charge in [-0.25, -0.2) is 13.1 Å². The average molecular weight is 394 g/mol. The molecule has 0 saturated heterocycles. The number of benzene rings is 1. The molecule has 1 aromatic carbocycles. The Morgan fingerprint density at radius 1 is 1.07 bits per heavy atom. The summed E-state index contributed by atoms with van der Waals surface area (Å²) in [4.78, 5) is 0.189. The van der Waals surface area contributed by atoms with Gasteiger partial charge in [0, 0.05) is 12.1 Å². The summed E-state index contributed by atoms with van der Waals surface area (Å²) < 4.78 is 40.1. The molecule has 0 aromatic heterocycles. The van der Waals surface area contributed by atoms with Gasteiger partial charge in [-0.15, -0.1) is 0 Å².